The van der Waals surface area contributed by atoms with Crippen LogP contribution in [0.5, 0.6) is 5.75 Å². The molecule has 1 unspecified atom stereocenters. The number of nitrogens with one attached hydrogen (secondary N) is 1. The van der Waals surface area contributed by atoms with E-state index >= 15 is 0 Å². The van der Waals surface area contributed by atoms with Crippen LogP contribution in [0.3, 0.4) is 0 Å². The first-order valence-corrected chi connectivity index (χ1v) is 9.30. The Morgan fingerprint density at radius 1 is 1.27 bits per heavy atom. The number of H-pyrrole nitrogens is 1. The minimum atomic E-state index is -0.160. The number of methoxy groups -OCH3 is 1. The maximum absolute atomic E-state index is 6.08. The maximum Gasteiger partial charge on any atom is 0.239 e. The van der Waals surface area contributed by atoms with Gasteiger partial charge in [-0.25, -0.2) is 4.98 Å². The Balaban J connectivity index is 1.78. The summed E-state index contributed by atoms with van der Waals surface area (Å²) in [6.07, 6.45) is 0. The maximum atomic E-state index is 6.08. The summed E-state index contributed by atoms with van der Waals surface area (Å²) in [5.41, 5.74) is 0.590. The van der Waals surface area contributed by atoms with Crippen molar-refractivity contribution in [2.45, 2.75) is 43.5 Å². The van der Waals surface area contributed by atoms with Gasteiger partial charge in [-0.1, -0.05) is 49.3 Å². The van der Waals surface area contributed by atoms with Crippen molar-refractivity contribution in [1.29, 1.82) is 0 Å². The number of aromatic amines is 1. The number of thioether (sulfide) groups is 1. The van der Waals surface area contributed by atoms with Gasteiger partial charge in [0.15, 0.2) is 11.6 Å². The van der Waals surface area contributed by atoms with Crippen molar-refractivity contribution in [3.05, 3.63) is 34.9 Å². The highest BCUT2D eigenvalue weighted by Crippen LogP contribution is 2.35. The van der Waals surface area contributed by atoms with E-state index in [9.17, 15) is 0 Å². The van der Waals surface area contributed by atoms with Crippen LogP contribution in [-0.4, -0.2) is 32.4 Å². The number of rotatable bonds is 5. The zero-order valence-corrected chi connectivity index (χ0v) is 16.8. The number of hydrogen-bond donors (Lipinski definition) is 1. The van der Waals surface area contributed by atoms with E-state index in [1.165, 1.54) is 11.8 Å². The molecule has 2 aromatic heterocycles. The summed E-state index contributed by atoms with van der Waals surface area (Å²) in [5.74, 6) is 2.48. The quantitative estimate of drug-likeness (QED) is 0.630. The van der Waals surface area contributed by atoms with E-state index in [0.717, 1.165) is 5.56 Å². The zero-order chi connectivity index (χ0) is 18.9. The predicted octanol–water partition coefficient (Wildman–Crippen LogP) is 4.67. The number of aromatic nitrogens is 5. The monoisotopic (exact) mass is 393 g/mol. The smallest absolute Gasteiger partial charge is 0.239 e. The summed E-state index contributed by atoms with van der Waals surface area (Å²) in [4.78, 5) is 9.00. The first-order valence-electron chi connectivity index (χ1n) is 8.05. The lowest BCUT2D eigenvalue weighted by Gasteiger charge is -2.11. The van der Waals surface area contributed by atoms with E-state index in [0.29, 0.717) is 33.5 Å². The van der Waals surface area contributed by atoms with Crippen molar-refractivity contribution >= 4 is 23.4 Å². The molecule has 26 heavy (non-hydrogen) atoms. The van der Waals surface area contributed by atoms with E-state index in [-0.39, 0.29) is 10.7 Å². The van der Waals surface area contributed by atoms with Crippen molar-refractivity contribution in [2.24, 2.45) is 0 Å². The van der Waals surface area contributed by atoms with Gasteiger partial charge in [0.1, 0.15) is 5.75 Å². The molecule has 0 aliphatic rings. The third kappa shape index (κ3) is 4.02. The molecule has 9 heteroatoms. The molecular formula is C17H20ClN5O2S. The SMILES string of the molecule is COc1ccc(Cl)cc1-c1nc(SC(C)c2nc(C(C)(C)C)no2)n[nH]1. The number of benzene rings is 1. The molecule has 0 saturated carbocycles. The molecule has 0 fully saturated rings. The lowest BCUT2D eigenvalue weighted by atomic mass is 9.96. The van der Waals surface area contributed by atoms with E-state index in [1.807, 2.05) is 27.7 Å². The van der Waals surface area contributed by atoms with Crippen molar-refractivity contribution in [1.82, 2.24) is 25.3 Å². The van der Waals surface area contributed by atoms with Gasteiger partial charge < -0.3 is 9.26 Å². The van der Waals surface area contributed by atoms with Crippen LogP contribution in [0.4, 0.5) is 0 Å². The Hall–Kier alpha value is -2.06. The Morgan fingerprint density at radius 3 is 2.69 bits per heavy atom. The summed E-state index contributed by atoms with van der Waals surface area (Å²) < 4.78 is 10.7. The molecule has 7 nitrogen and oxygen atoms in total. The third-order valence-corrected chi connectivity index (χ3v) is 4.81. The minimum Gasteiger partial charge on any atom is -0.496 e. The van der Waals surface area contributed by atoms with Crippen LogP contribution in [0.1, 0.15) is 44.7 Å². The van der Waals surface area contributed by atoms with Gasteiger partial charge in [0.25, 0.3) is 0 Å². The molecule has 0 bridgehead atoms. The first-order chi connectivity index (χ1) is 12.3. The van der Waals surface area contributed by atoms with Crippen LogP contribution in [0, 0.1) is 0 Å². The van der Waals surface area contributed by atoms with Gasteiger partial charge in [-0.15, -0.1) is 5.10 Å². The Labute approximate surface area is 160 Å². The highest BCUT2D eigenvalue weighted by Gasteiger charge is 2.24. The van der Waals surface area contributed by atoms with Crippen LogP contribution in [-0.2, 0) is 5.41 Å². The van der Waals surface area contributed by atoms with Gasteiger partial charge in [-0.05, 0) is 25.1 Å². The van der Waals surface area contributed by atoms with Crippen molar-refractivity contribution < 1.29 is 9.26 Å². The standard InChI is InChI=1S/C17H20ClN5O2S/c1-9(14-20-15(23-25-14)17(2,3)4)26-16-19-13(21-22-16)11-8-10(18)6-7-12(11)24-5/h6-9H,1-5H3,(H,19,21,22). The molecule has 0 spiro atoms. The molecule has 3 rings (SSSR count). The molecule has 1 aromatic carbocycles. The lowest BCUT2D eigenvalue weighted by molar-refractivity contribution is 0.364. The molecule has 1 N–H and O–H groups in total. The summed E-state index contributed by atoms with van der Waals surface area (Å²) in [6.45, 7) is 8.10. The van der Waals surface area contributed by atoms with Gasteiger partial charge in [0.2, 0.25) is 11.0 Å². The van der Waals surface area contributed by atoms with Crippen molar-refractivity contribution in [3.8, 4) is 17.1 Å². The lowest BCUT2D eigenvalue weighted by Crippen LogP contribution is -2.13. The summed E-state index contributed by atoms with van der Waals surface area (Å²) in [5, 5.41) is 12.3. The highest BCUT2D eigenvalue weighted by atomic mass is 35.5. The van der Waals surface area contributed by atoms with Gasteiger partial charge in [0.05, 0.1) is 17.9 Å². The van der Waals surface area contributed by atoms with E-state index in [4.69, 9.17) is 20.9 Å². The summed E-state index contributed by atoms with van der Waals surface area (Å²) in [7, 11) is 1.60. The largest absolute Gasteiger partial charge is 0.496 e. The average molecular weight is 394 g/mol. The predicted molar refractivity (Wildman–Crippen MR) is 101 cm³/mol. The Bertz CT molecular complexity index is 903. The number of halogens is 1. The molecule has 138 valence electrons. The molecule has 0 aliphatic carbocycles. The molecule has 3 aromatic rings. The van der Waals surface area contributed by atoms with Gasteiger partial charge >= 0.3 is 0 Å². The van der Waals surface area contributed by atoms with E-state index < -0.39 is 0 Å². The fourth-order valence-electron chi connectivity index (χ4n) is 2.20. The van der Waals surface area contributed by atoms with Crippen LogP contribution < -0.4 is 4.74 Å². The molecule has 0 amide bonds. The van der Waals surface area contributed by atoms with Crippen LogP contribution >= 0.6 is 23.4 Å². The number of ether oxygens (including phenoxy) is 1. The zero-order valence-electron chi connectivity index (χ0n) is 15.2. The van der Waals surface area contributed by atoms with E-state index in [1.54, 1.807) is 25.3 Å². The molecule has 0 radical (unpaired) electrons. The fourth-order valence-corrected chi connectivity index (χ4v) is 3.13. The molecular weight excluding hydrogens is 374 g/mol. The average Bonchev–Trinajstić information content (AvgIpc) is 3.23. The fraction of sp³-hybridized carbons (Fsp3) is 0.412. The molecule has 0 aliphatic heterocycles. The Morgan fingerprint density at radius 2 is 2.04 bits per heavy atom. The van der Waals surface area contributed by atoms with Crippen molar-refractivity contribution in [3.63, 3.8) is 0 Å². The second-order valence-electron chi connectivity index (χ2n) is 6.78. The second kappa shape index (κ2) is 7.28. The van der Waals surface area contributed by atoms with Crippen molar-refractivity contribution in [2.75, 3.05) is 7.11 Å². The van der Waals surface area contributed by atoms with Gasteiger partial charge in [-0.3, -0.25) is 5.10 Å². The van der Waals surface area contributed by atoms with Crippen LogP contribution in [0.15, 0.2) is 27.9 Å². The molecule has 2 heterocycles. The van der Waals surface area contributed by atoms with Gasteiger partial charge in [-0.2, -0.15) is 4.98 Å². The molecule has 0 saturated heterocycles. The third-order valence-electron chi connectivity index (χ3n) is 3.62. The topological polar surface area (TPSA) is 89.7 Å². The van der Waals surface area contributed by atoms with Crippen LogP contribution in [0.25, 0.3) is 11.4 Å². The van der Waals surface area contributed by atoms with E-state index in [2.05, 4.69) is 25.3 Å². The number of hydrogen-bond acceptors (Lipinski definition) is 7. The van der Waals surface area contributed by atoms with Gasteiger partial charge in [0, 0.05) is 10.4 Å². The first kappa shape index (κ1) is 18.7. The van der Waals surface area contributed by atoms with Crippen LogP contribution in [0.2, 0.25) is 5.02 Å². The Kier molecular flexibility index (Phi) is 5.24. The minimum absolute atomic E-state index is 0.0801. The highest BCUT2D eigenvalue weighted by molar-refractivity contribution is 7.99. The summed E-state index contributed by atoms with van der Waals surface area (Å²) in [6, 6.07) is 5.34. The molecule has 1 atom stereocenters. The second-order valence-corrected chi connectivity index (χ2v) is 8.52. The number of nitrogens with zero attached hydrogens (tertiary/aromatic N) is 4. The normalized spacial score (nSPS) is 13.0. The summed E-state index contributed by atoms with van der Waals surface area (Å²) >= 11 is 7.51.